The summed E-state index contributed by atoms with van der Waals surface area (Å²) in [4.78, 5) is 30.8. The highest BCUT2D eigenvalue weighted by molar-refractivity contribution is 7.99. The lowest BCUT2D eigenvalue weighted by atomic mass is 10.0. The van der Waals surface area contributed by atoms with Crippen LogP contribution in [0.2, 0.25) is 0 Å². The SMILES string of the molecule is CC(C)c1ccc(-n2ccnc2SCC(=O)NNC(=O)c2ccc[nH]2)cc1. The summed E-state index contributed by atoms with van der Waals surface area (Å²) in [5.74, 6) is -0.109. The standard InChI is InChI=1S/C19H21N5O2S/c1-13(2)14-5-7-15(8-6-14)24-11-10-21-19(24)27-12-17(25)22-23-18(26)16-4-3-9-20-16/h3-11,13,20H,12H2,1-2H3,(H,22,25)(H,23,26). The van der Waals surface area contributed by atoms with Gasteiger partial charge in [-0.15, -0.1) is 0 Å². The predicted octanol–water partition coefficient (Wildman–Crippen LogP) is 2.88. The number of thioether (sulfide) groups is 1. The Labute approximate surface area is 161 Å². The second-order valence-electron chi connectivity index (χ2n) is 6.20. The summed E-state index contributed by atoms with van der Waals surface area (Å²) in [6.07, 6.45) is 5.20. The number of hydrogen-bond donors (Lipinski definition) is 3. The third-order valence-electron chi connectivity index (χ3n) is 3.94. The Morgan fingerprint density at radius 2 is 1.96 bits per heavy atom. The van der Waals surface area contributed by atoms with E-state index in [1.165, 1.54) is 17.3 Å². The van der Waals surface area contributed by atoms with Gasteiger partial charge < -0.3 is 4.98 Å². The number of hydrazine groups is 1. The maximum absolute atomic E-state index is 12.0. The van der Waals surface area contributed by atoms with Gasteiger partial charge in [0.2, 0.25) is 5.91 Å². The molecule has 0 saturated carbocycles. The molecule has 3 rings (SSSR count). The molecule has 2 heterocycles. The van der Waals surface area contributed by atoms with Gasteiger partial charge in [-0.3, -0.25) is 25.0 Å². The lowest BCUT2D eigenvalue weighted by Gasteiger charge is -2.10. The fourth-order valence-corrected chi connectivity index (χ4v) is 3.22. The van der Waals surface area contributed by atoms with E-state index in [-0.39, 0.29) is 11.7 Å². The molecule has 0 spiro atoms. The first kappa shape index (κ1) is 18.8. The molecule has 0 aliphatic carbocycles. The number of amides is 2. The van der Waals surface area contributed by atoms with Crippen molar-refractivity contribution in [2.24, 2.45) is 0 Å². The molecule has 2 aromatic heterocycles. The van der Waals surface area contributed by atoms with Crippen LogP contribution in [-0.4, -0.2) is 32.1 Å². The van der Waals surface area contributed by atoms with E-state index in [4.69, 9.17) is 0 Å². The number of rotatable bonds is 6. The Morgan fingerprint density at radius 3 is 2.63 bits per heavy atom. The van der Waals surface area contributed by atoms with Crippen LogP contribution >= 0.6 is 11.8 Å². The Kier molecular flexibility index (Phi) is 5.97. The Bertz CT molecular complexity index is 901. The summed E-state index contributed by atoms with van der Waals surface area (Å²) >= 11 is 1.30. The van der Waals surface area contributed by atoms with Crippen LogP contribution in [0.5, 0.6) is 0 Å². The monoisotopic (exact) mass is 383 g/mol. The molecule has 140 valence electrons. The summed E-state index contributed by atoms with van der Waals surface area (Å²) in [5.41, 5.74) is 7.40. The van der Waals surface area contributed by atoms with E-state index in [1.807, 2.05) is 22.9 Å². The van der Waals surface area contributed by atoms with Gasteiger partial charge >= 0.3 is 0 Å². The fourth-order valence-electron chi connectivity index (χ4n) is 2.44. The largest absolute Gasteiger partial charge is 0.357 e. The summed E-state index contributed by atoms with van der Waals surface area (Å²) < 4.78 is 1.93. The molecule has 2 amide bonds. The van der Waals surface area contributed by atoms with E-state index < -0.39 is 5.91 Å². The van der Waals surface area contributed by atoms with Crippen LogP contribution in [0.15, 0.2) is 60.1 Å². The molecule has 8 heteroatoms. The number of nitrogens with zero attached hydrogens (tertiary/aromatic N) is 2. The number of H-pyrrole nitrogens is 1. The molecule has 0 fully saturated rings. The number of aromatic nitrogens is 3. The van der Waals surface area contributed by atoms with Gasteiger partial charge in [-0.2, -0.15) is 0 Å². The number of benzene rings is 1. The van der Waals surface area contributed by atoms with E-state index >= 15 is 0 Å². The summed E-state index contributed by atoms with van der Waals surface area (Å²) in [7, 11) is 0. The summed E-state index contributed by atoms with van der Waals surface area (Å²) in [6, 6.07) is 11.6. The Morgan fingerprint density at radius 1 is 1.19 bits per heavy atom. The number of nitrogens with one attached hydrogen (secondary N) is 3. The minimum absolute atomic E-state index is 0.131. The van der Waals surface area contributed by atoms with Crippen LogP contribution in [0.3, 0.4) is 0 Å². The highest BCUT2D eigenvalue weighted by atomic mass is 32.2. The maximum Gasteiger partial charge on any atom is 0.286 e. The van der Waals surface area contributed by atoms with Crippen LogP contribution in [0.1, 0.15) is 35.8 Å². The van der Waals surface area contributed by atoms with Gasteiger partial charge in [0.25, 0.3) is 5.91 Å². The van der Waals surface area contributed by atoms with Gasteiger partial charge in [0.1, 0.15) is 5.69 Å². The van der Waals surface area contributed by atoms with Crippen molar-refractivity contribution in [2.45, 2.75) is 24.9 Å². The minimum Gasteiger partial charge on any atom is -0.357 e. The van der Waals surface area contributed by atoms with Crippen LogP contribution < -0.4 is 10.9 Å². The van der Waals surface area contributed by atoms with E-state index in [0.29, 0.717) is 16.8 Å². The first-order valence-corrected chi connectivity index (χ1v) is 9.52. The van der Waals surface area contributed by atoms with Crippen molar-refractivity contribution in [2.75, 3.05) is 5.75 Å². The first-order valence-electron chi connectivity index (χ1n) is 8.53. The molecule has 0 bridgehead atoms. The minimum atomic E-state index is -0.398. The molecule has 0 aliphatic heterocycles. The molecule has 0 atom stereocenters. The first-order chi connectivity index (χ1) is 13.0. The molecule has 1 aromatic carbocycles. The quantitative estimate of drug-likeness (QED) is 0.451. The number of carbonyl (C=O) groups excluding carboxylic acids is 2. The molecule has 0 saturated heterocycles. The van der Waals surface area contributed by atoms with E-state index in [2.05, 4.69) is 46.8 Å². The number of imidazole rings is 1. The number of aromatic amines is 1. The lowest BCUT2D eigenvalue weighted by Crippen LogP contribution is -2.42. The van der Waals surface area contributed by atoms with Gasteiger partial charge in [-0.05, 0) is 35.7 Å². The van der Waals surface area contributed by atoms with Crippen molar-refractivity contribution < 1.29 is 9.59 Å². The maximum atomic E-state index is 12.0. The van der Waals surface area contributed by atoms with E-state index in [1.54, 1.807) is 24.5 Å². The zero-order chi connectivity index (χ0) is 19.2. The molecule has 0 aliphatic rings. The average molecular weight is 383 g/mol. The third kappa shape index (κ3) is 4.79. The molecule has 0 unspecified atom stereocenters. The van der Waals surface area contributed by atoms with Crippen molar-refractivity contribution in [1.82, 2.24) is 25.4 Å². The van der Waals surface area contributed by atoms with Gasteiger partial charge in [0.15, 0.2) is 5.16 Å². The smallest absolute Gasteiger partial charge is 0.286 e. The highest BCUT2D eigenvalue weighted by Gasteiger charge is 2.11. The van der Waals surface area contributed by atoms with E-state index in [0.717, 1.165) is 5.69 Å². The summed E-state index contributed by atoms with van der Waals surface area (Å²) in [6.45, 7) is 4.31. The Hall–Kier alpha value is -3.00. The number of hydrogen-bond acceptors (Lipinski definition) is 4. The second-order valence-corrected chi connectivity index (χ2v) is 7.14. The zero-order valence-corrected chi connectivity index (χ0v) is 15.9. The zero-order valence-electron chi connectivity index (χ0n) is 15.1. The topological polar surface area (TPSA) is 91.8 Å². The molecular weight excluding hydrogens is 362 g/mol. The highest BCUT2D eigenvalue weighted by Crippen LogP contribution is 2.22. The molecule has 27 heavy (non-hydrogen) atoms. The van der Waals surface area contributed by atoms with Gasteiger partial charge in [0.05, 0.1) is 5.75 Å². The third-order valence-corrected chi connectivity index (χ3v) is 4.90. The van der Waals surface area contributed by atoms with Crippen LogP contribution in [-0.2, 0) is 4.79 Å². The van der Waals surface area contributed by atoms with Crippen LogP contribution in [0.4, 0.5) is 0 Å². The van der Waals surface area contributed by atoms with Crippen molar-refractivity contribution in [3.63, 3.8) is 0 Å². The molecule has 0 radical (unpaired) electrons. The van der Waals surface area contributed by atoms with Gasteiger partial charge in [-0.1, -0.05) is 37.7 Å². The average Bonchev–Trinajstić information content (AvgIpc) is 3.36. The second kappa shape index (κ2) is 8.59. The molecule has 7 nitrogen and oxygen atoms in total. The molecule has 3 N–H and O–H groups in total. The van der Waals surface area contributed by atoms with Crippen molar-refractivity contribution in [3.8, 4) is 5.69 Å². The van der Waals surface area contributed by atoms with Crippen LogP contribution in [0, 0.1) is 0 Å². The number of carbonyl (C=O) groups is 2. The molecule has 3 aromatic rings. The van der Waals surface area contributed by atoms with E-state index in [9.17, 15) is 9.59 Å². The molecular formula is C19H21N5O2S. The van der Waals surface area contributed by atoms with Crippen molar-refractivity contribution in [1.29, 1.82) is 0 Å². The fraction of sp³-hybridized carbons (Fsp3) is 0.211. The van der Waals surface area contributed by atoms with Gasteiger partial charge in [-0.25, -0.2) is 4.98 Å². The van der Waals surface area contributed by atoms with Crippen molar-refractivity contribution in [3.05, 3.63) is 66.2 Å². The normalized spacial score (nSPS) is 10.8. The lowest BCUT2D eigenvalue weighted by molar-refractivity contribution is -0.119. The Balaban J connectivity index is 1.55. The van der Waals surface area contributed by atoms with Crippen LogP contribution in [0.25, 0.3) is 5.69 Å². The van der Waals surface area contributed by atoms with Crippen molar-refractivity contribution >= 4 is 23.6 Å². The predicted molar refractivity (Wildman–Crippen MR) is 105 cm³/mol. The summed E-state index contributed by atoms with van der Waals surface area (Å²) in [5, 5.41) is 0.707. The van der Waals surface area contributed by atoms with Gasteiger partial charge in [0, 0.05) is 24.3 Å².